The lowest BCUT2D eigenvalue weighted by molar-refractivity contribution is -0.120. The fourth-order valence-corrected chi connectivity index (χ4v) is 2.24. The van der Waals surface area contributed by atoms with E-state index in [2.05, 4.69) is 0 Å². The second kappa shape index (κ2) is 4.72. The summed E-state index contributed by atoms with van der Waals surface area (Å²) < 4.78 is 0. The van der Waals surface area contributed by atoms with Gasteiger partial charge in [-0.05, 0) is 24.5 Å². The molecule has 2 rings (SSSR count). The monoisotopic (exact) mass is 287 g/mol. The molecule has 1 aromatic carbocycles. The smallest absolute Gasteiger partial charge is 0.267 e. The third-order valence-corrected chi connectivity index (χ3v) is 3.81. The van der Waals surface area contributed by atoms with Crippen molar-refractivity contribution in [2.75, 3.05) is 11.2 Å². The van der Waals surface area contributed by atoms with Crippen LogP contribution in [-0.2, 0) is 9.59 Å². The van der Waals surface area contributed by atoms with E-state index < -0.39 is 11.8 Å². The number of rotatable bonds is 2. The minimum Gasteiger partial charge on any atom is -0.267 e. The van der Waals surface area contributed by atoms with E-state index in [1.165, 1.54) is 11.8 Å². The van der Waals surface area contributed by atoms with Crippen LogP contribution in [-0.4, -0.2) is 18.1 Å². The molecule has 0 N–H and O–H groups in total. The zero-order chi connectivity index (χ0) is 12.6. The lowest BCUT2D eigenvalue weighted by atomic mass is 10.3. The van der Waals surface area contributed by atoms with Crippen molar-refractivity contribution in [2.24, 2.45) is 0 Å². The molecule has 0 aromatic heterocycles. The highest BCUT2D eigenvalue weighted by molar-refractivity contribution is 7.98. The predicted octanol–water partition coefficient (Wildman–Crippen LogP) is 2.97. The molecule has 1 aliphatic heterocycles. The maximum absolute atomic E-state index is 11.8. The van der Waals surface area contributed by atoms with Crippen LogP contribution in [0.1, 0.15) is 0 Å². The lowest BCUT2D eigenvalue weighted by Crippen LogP contribution is -2.30. The minimum absolute atomic E-state index is 0.230. The number of carbonyl (C=O) groups excluding carboxylic acids is 2. The number of halogens is 2. The summed E-state index contributed by atoms with van der Waals surface area (Å²) in [6.07, 6.45) is 1.91. The minimum atomic E-state index is -0.583. The summed E-state index contributed by atoms with van der Waals surface area (Å²) >= 11 is 12.8. The van der Waals surface area contributed by atoms with E-state index in [0.717, 1.165) is 9.80 Å². The molecule has 0 fully saturated rings. The molecule has 0 atom stereocenters. The number of thioether (sulfide) groups is 1. The Morgan fingerprint density at radius 1 is 1.12 bits per heavy atom. The number of amides is 2. The van der Waals surface area contributed by atoms with Crippen LogP contribution in [0.2, 0.25) is 0 Å². The van der Waals surface area contributed by atoms with Gasteiger partial charge in [0.15, 0.2) is 0 Å². The van der Waals surface area contributed by atoms with Gasteiger partial charge in [-0.15, -0.1) is 11.8 Å². The molecule has 0 spiro atoms. The summed E-state index contributed by atoms with van der Waals surface area (Å²) in [4.78, 5) is 25.4. The standard InChI is InChI=1S/C11H7Cl2NO2S/c1-17-7-4-2-3-6(5-7)14-10(15)8(12)9(13)11(14)16/h2-5H,1H3. The van der Waals surface area contributed by atoms with Gasteiger partial charge in [-0.1, -0.05) is 29.3 Å². The number of hydrogen-bond donors (Lipinski definition) is 0. The van der Waals surface area contributed by atoms with Crippen LogP contribution in [0.25, 0.3) is 0 Å². The third kappa shape index (κ3) is 2.08. The highest BCUT2D eigenvalue weighted by atomic mass is 35.5. The van der Waals surface area contributed by atoms with Crippen LogP contribution in [0.4, 0.5) is 5.69 Å². The fraction of sp³-hybridized carbons (Fsp3) is 0.0909. The van der Waals surface area contributed by atoms with Crippen LogP contribution in [0, 0.1) is 0 Å². The molecule has 0 saturated heterocycles. The van der Waals surface area contributed by atoms with E-state index in [1.54, 1.807) is 18.2 Å². The number of hydrogen-bond acceptors (Lipinski definition) is 3. The number of nitrogens with zero attached hydrogens (tertiary/aromatic N) is 1. The summed E-state index contributed by atoms with van der Waals surface area (Å²) in [5, 5.41) is -0.461. The van der Waals surface area contributed by atoms with Crippen LogP contribution >= 0.6 is 35.0 Å². The van der Waals surface area contributed by atoms with Crippen molar-refractivity contribution in [1.82, 2.24) is 0 Å². The molecule has 0 saturated carbocycles. The van der Waals surface area contributed by atoms with Crippen molar-refractivity contribution >= 4 is 52.5 Å². The Hall–Kier alpha value is -0.970. The quantitative estimate of drug-likeness (QED) is 0.620. The highest BCUT2D eigenvalue weighted by Gasteiger charge is 2.37. The molecule has 1 aromatic rings. The molecule has 88 valence electrons. The SMILES string of the molecule is CSc1cccc(N2C(=O)C(Cl)=C(Cl)C2=O)c1. The maximum atomic E-state index is 11.8. The zero-order valence-electron chi connectivity index (χ0n) is 8.74. The van der Waals surface area contributed by atoms with Gasteiger partial charge in [0.2, 0.25) is 0 Å². The molecule has 0 bridgehead atoms. The topological polar surface area (TPSA) is 37.4 Å². The van der Waals surface area contributed by atoms with Crippen molar-refractivity contribution in [1.29, 1.82) is 0 Å². The Bertz CT molecular complexity index is 518. The molecule has 6 heteroatoms. The number of anilines is 1. The first-order chi connectivity index (χ1) is 8.06. The summed E-state index contributed by atoms with van der Waals surface area (Å²) in [7, 11) is 0. The molecular weight excluding hydrogens is 281 g/mol. The van der Waals surface area contributed by atoms with E-state index in [1.807, 2.05) is 12.3 Å². The normalized spacial score (nSPS) is 16.1. The lowest BCUT2D eigenvalue weighted by Gasteiger charge is -2.14. The van der Waals surface area contributed by atoms with Crippen LogP contribution < -0.4 is 4.90 Å². The average Bonchev–Trinajstić information content (AvgIpc) is 2.54. The van der Waals surface area contributed by atoms with Crippen molar-refractivity contribution in [2.45, 2.75) is 4.90 Å². The molecule has 3 nitrogen and oxygen atoms in total. The first-order valence-corrected chi connectivity index (χ1v) is 6.62. The van der Waals surface area contributed by atoms with Gasteiger partial charge < -0.3 is 0 Å². The van der Waals surface area contributed by atoms with E-state index >= 15 is 0 Å². The van der Waals surface area contributed by atoms with Gasteiger partial charge in [-0.25, -0.2) is 4.90 Å². The second-order valence-electron chi connectivity index (χ2n) is 3.28. The highest BCUT2D eigenvalue weighted by Crippen LogP contribution is 2.32. The number of benzene rings is 1. The molecule has 0 unspecified atom stereocenters. The van der Waals surface area contributed by atoms with E-state index in [-0.39, 0.29) is 10.1 Å². The van der Waals surface area contributed by atoms with Gasteiger partial charge in [-0.3, -0.25) is 9.59 Å². The Labute approximate surface area is 112 Å². The van der Waals surface area contributed by atoms with Crippen LogP contribution in [0.5, 0.6) is 0 Å². The Morgan fingerprint density at radius 3 is 2.24 bits per heavy atom. The largest absolute Gasteiger partial charge is 0.278 e. The van der Waals surface area contributed by atoms with Crippen LogP contribution in [0.15, 0.2) is 39.2 Å². The first kappa shape index (κ1) is 12.5. The van der Waals surface area contributed by atoms with E-state index in [9.17, 15) is 9.59 Å². The van der Waals surface area contributed by atoms with Gasteiger partial charge in [0.05, 0.1) is 5.69 Å². The summed E-state index contributed by atoms with van der Waals surface area (Å²) in [5.74, 6) is -1.17. The average molecular weight is 288 g/mol. The summed E-state index contributed by atoms with van der Waals surface area (Å²) in [5.41, 5.74) is 0.473. The Kier molecular flexibility index (Phi) is 3.47. The van der Waals surface area contributed by atoms with Crippen molar-refractivity contribution < 1.29 is 9.59 Å². The molecule has 17 heavy (non-hydrogen) atoms. The van der Waals surface area contributed by atoms with Gasteiger partial charge in [0, 0.05) is 4.90 Å². The summed E-state index contributed by atoms with van der Waals surface area (Å²) in [6, 6.07) is 7.05. The summed E-state index contributed by atoms with van der Waals surface area (Å²) in [6.45, 7) is 0. The van der Waals surface area contributed by atoms with Crippen molar-refractivity contribution in [3.05, 3.63) is 34.3 Å². The van der Waals surface area contributed by atoms with E-state index in [0.29, 0.717) is 5.69 Å². The Morgan fingerprint density at radius 2 is 1.71 bits per heavy atom. The van der Waals surface area contributed by atoms with E-state index in [4.69, 9.17) is 23.2 Å². The third-order valence-electron chi connectivity index (χ3n) is 2.29. The molecule has 1 heterocycles. The van der Waals surface area contributed by atoms with Gasteiger partial charge in [0.25, 0.3) is 11.8 Å². The van der Waals surface area contributed by atoms with Crippen LogP contribution in [0.3, 0.4) is 0 Å². The van der Waals surface area contributed by atoms with Gasteiger partial charge in [-0.2, -0.15) is 0 Å². The Balaban J connectivity index is 2.43. The number of carbonyl (C=O) groups is 2. The molecular formula is C11H7Cl2NO2S. The predicted molar refractivity (Wildman–Crippen MR) is 69.4 cm³/mol. The molecule has 2 amide bonds. The molecule has 0 aliphatic carbocycles. The fourth-order valence-electron chi connectivity index (χ4n) is 1.46. The zero-order valence-corrected chi connectivity index (χ0v) is 11.1. The molecule has 1 aliphatic rings. The first-order valence-electron chi connectivity index (χ1n) is 4.64. The maximum Gasteiger partial charge on any atom is 0.278 e. The molecule has 0 radical (unpaired) electrons. The van der Waals surface area contributed by atoms with Crippen molar-refractivity contribution in [3.8, 4) is 0 Å². The number of imide groups is 1. The van der Waals surface area contributed by atoms with Crippen molar-refractivity contribution in [3.63, 3.8) is 0 Å². The van der Waals surface area contributed by atoms with Gasteiger partial charge in [0.1, 0.15) is 10.1 Å². The second-order valence-corrected chi connectivity index (χ2v) is 4.91. The van der Waals surface area contributed by atoms with Gasteiger partial charge >= 0.3 is 0 Å².